The summed E-state index contributed by atoms with van der Waals surface area (Å²) >= 11 is 1.65. The van der Waals surface area contributed by atoms with Crippen molar-refractivity contribution in [1.29, 1.82) is 0 Å². The second-order valence-corrected chi connectivity index (χ2v) is 17.8. The quantitative estimate of drug-likeness (QED) is 0.165. The number of halogens is 1. The lowest BCUT2D eigenvalue weighted by atomic mass is 9.78. The van der Waals surface area contributed by atoms with Gasteiger partial charge in [-0.2, -0.15) is 0 Å². The summed E-state index contributed by atoms with van der Waals surface area (Å²) in [5.41, 5.74) is 3.09. The van der Waals surface area contributed by atoms with Crippen molar-refractivity contribution in [2.75, 3.05) is 26.9 Å². The molecule has 9 rings (SSSR count). The first-order valence-corrected chi connectivity index (χ1v) is 20.5. The molecule has 7 heterocycles. The number of rotatable bonds is 7. The summed E-state index contributed by atoms with van der Waals surface area (Å²) in [6.45, 7) is 11.6. The molecule has 4 aliphatic rings. The first-order chi connectivity index (χ1) is 27.3. The predicted molar refractivity (Wildman–Crippen MR) is 215 cm³/mol. The molecule has 3 atom stereocenters. The van der Waals surface area contributed by atoms with Crippen molar-refractivity contribution in [2.24, 2.45) is 5.92 Å². The molecule has 298 valence electrons. The number of nitrogens with one attached hydrogen (secondary N) is 2. The third-order valence-electron chi connectivity index (χ3n) is 12.4. The van der Waals surface area contributed by atoms with Gasteiger partial charge >= 0.3 is 13.2 Å². The van der Waals surface area contributed by atoms with E-state index in [1.54, 1.807) is 17.5 Å². The Hall–Kier alpha value is -4.70. The zero-order valence-corrected chi connectivity index (χ0v) is 33.8. The molecule has 12 nitrogen and oxygen atoms in total. The Morgan fingerprint density at radius 2 is 1.82 bits per heavy atom. The molecular weight excluding hydrogens is 748 g/mol. The van der Waals surface area contributed by atoms with Gasteiger partial charge in [-0.05, 0) is 114 Å². The van der Waals surface area contributed by atoms with E-state index in [0.717, 1.165) is 44.8 Å². The van der Waals surface area contributed by atoms with Gasteiger partial charge in [0.25, 0.3) is 0 Å². The smallest absolute Gasteiger partial charge is 0.464 e. The molecule has 2 aromatic carbocycles. The SMILES string of the molecule is COC(=O)N[C@H](C(=O)N1CCC[C@H]1c1ncc(-c2ccc3c(c2)cc2n3C(c3ccc(C)s3)Oc3cc(B4OC(C)(C)C(C)(C)O4)cc(F)c3-2)[nH]1)C1CCOCC1. The van der Waals surface area contributed by atoms with Gasteiger partial charge in [-0.3, -0.25) is 9.36 Å². The molecule has 0 spiro atoms. The van der Waals surface area contributed by atoms with E-state index in [1.165, 1.54) is 13.2 Å². The minimum atomic E-state index is -0.741. The lowest BCUT2D eigenvalue weighted by Crippen LogP contribution is -2.53. The molecule has 0 bridgehead atoms. The van der Waals surface area contributed by atoms with Crippen LogP contribution in [0.2, 0.25) is 0 Å². The number of nitrogens with zero attached hydrogens (tertiary/aromatic N) is 3. The van der Waals surface area contributed by atoms with E-state index in [-0.39, 0.29) is 17.9 Å². The lowest BCUT2D eigenvalue weighted by Gasteiger charge is -2.34. The average molecular weight is 796 g/mol. The monoisotopic (exact) mass is 795 g/mol. The Bertz CT molecular complexity index is 2350. The summed E-state index contributed by atoms with van der Waals surface area (Å²) in [5.74, 6) is 0.511. The number of carbonyl (C=O) groups is 2. The third-order valence-corrected chi connectivity index (χ3v) is 13.4. The number of likely N-dealkylation sites (tertiary alicyclic amines) is 1. The Balaban J connectivity index is 1.04. The van der Waals surface area contributed by atoms with Crippen LogP contribution in [0.3, 0.4) is 0 Å². The highest BCUT2D eigenvalue weighted by molar-refractivity contribution is 7.12. The summed E-state index contributed by atoms with van der Waals surface area (Å²) in [5, 5.41) is 3.73. The molecule has 57 heavy (non-hydrogen) atoms. The topological polar surface area (TPSA) is 129 Å². The van der Waals surface area contributed by atoms with Crippen LogP contribution in [0.1, 0.15) is 81.2 Å². The molecule has 4 aliphatic heterocycles. The molecule has 3 fully saturated rings. The van der Waals surface area contributed by atoms with Crippen LogP contribution < -0.4 is 15.5 Å². The number of aryl methyl sites for hydroxylation is 1. The summed E-state index contributed by atoms with van der Waals surface area (Å²) in [6, 6.07) is 14.6. The van der Waals surface area contributed by atoms with E-state index in [1.807, 2.05) is 56.9 Å². The molecule has 2 amide bonds. The van der Waals surface area contributed by atoms with Crippen molar-refractivity contribution in [3.8, 4) is 28.3 Å². The molecule has 0 aliphatic carbocycles. The molecule has 3 aromatic heterocycles. The van der Waals surface area contributed by atoms with Gasteiger partial charge in [0.05, 0.1) is 57.9 Å². The maximum atomic E-state index is 16.5. The number of fused-ring (bicyclic) bond motifs is 5. The largest absolute Gasteiger partial charge is 0.495 e. The van der Waals surface area contributed by atoms with Crippen molar-refractivity contribution in [1.82, 2.24) is 24.8 Å². The summed E-state index contributed by atoms with van der Waals surface area (Å²) in [4.78, 5) is 38.7. The number of aromatic amines is 1. The van der Waals surface area contributed by atoms with E-state index >= 15 is 4.39 Å². The number of hydrogen-bond donors (Lipinski definition) is 2. The fourth-order valence-corrected chi connectivity index (χ4v) is 9.51. The van der Waals surface area contributed by atoms with Crippen molar-refractivity contribution in [2.45, 2.75) is 89.8 Å². The second kappa shape index (κ2) is 14.3. The number of hydrogen-bond acceptors (Lipinski definition) is 9. The zero-order valence-electron chi connectivity index (χ0n) is 33.0. The van der Waals surface area contributed by atoms with Crippen LogP contribution in [-0.4, -0.2) is 82.7 Å². The van der Waals surface area contributed by atoms with Gasteiger partial charge in [0.1, 0.15) is 23.4 Å². The predicted octanol–water partition coefficient (Wildman–Crippen LogP) is 7.26. The van der Waals surface area contributed by atoms with Gasteiger partial charge in [0, 0.05) is 35.6 Å². The number of aromatic nitrogens is 3. The fourth-order valence-electron chi connectivity index (χ4n) is 8.61. The van der Waals surface area contributed by atoms with Crippen molar-refractivity contribution in [3.05, 3.63) is 76.1 Å². The molecule has 2 N–H and O–H groups in total. The van der Waals surface area contributed by atoms with Crippen LogP contribution in [0.4, 0.5) is 9.18 Å². The van der Waals surface area contributed by atoms with Gasteiger partial charge < -0.3 is 38.7 Å². The Morgan fingerprint density at radius 3 is 2.54 bits per heavy atom. The first-order valence-electron chi connectivity index (χ1n) is 19.7. The molecule has 3 saturated heterocycles. The zero-order chi connectivity index (χ0) is 39.8. The molecule has 5 aromatic rings. The van der Waals surface area contributed by atoms with Gasteiger partial charge in [-0.25, -0.2) is 14.2 Å². The van der Waals surface area contributed by atoms with Crippen molar-refractivity contribution >= 4 is 46.8 Å². The standard InChI is InChI=1S/C42H47BFN5O7S/c1-23-9-12-34(57-23)39-49-30-11-10-25(18-26(30)19-32(49)35-28(44)20-27(21-33(35)54-39)43-55-41(2,3)42(4,5)56-43)29-22-45-37(46-29)31-8-7-15-48(31)38(50)36(47-40(51)52-6)24-13-16-53-17-14-24/h9-12,18-22,24,31,36,39H,7-8,13-17H2,1-6H3,(H,45,46)(H,47,51)/t31-,36-,39?/m0/s1. The van der Waals surface area contributed by atoms with Gasteiger partial charge in [-0.15, -0.1) is 11.3 Å². The normalized spacial score (nSPS) is 21.9. The van der Waals surface area contributed by atoms with Crippen LogP contribution >= 0.6 is 11.3 Å². The van der Waals surface area contributed by atoms with E-state index < -0.39 is 42.5 Å². The lowest BCUT2D eigenvalue weighted by molar-refractivity contribution is -0.136. The number of carbonyl (C=O) groups excluding carboxylic acids is 2. The third kappa shape index (κ3) is 6.62. The second-order valence-electron chi connectivity index (χ2n) is 16.5. The number of thiophene rings is 1. The molecule has 0 saturated carbocycles. The van der Waals surface area contributed by atoms with E-state index in [4.69, 9.17) is 28.5 Å². The average Bonchev–Trinajstić information content (AvgIpc) is 4.03. The van der Waals surface area contributed by atoms with Gasteiger partial charge in [0.2, 0.25) is 12.1 Å². The van der Waals surface area contributed by atoms with Gasteiger partial charge in [0.15, 0.2) is 0 Å². The van der Waals surface area contributed by atoms with Gasteiger partial charge in [-0.1, -0.05) is 6.07 Å². The summed E-state index contributed by atoms with van der Waals surface area (Å²) in [6.07, 6.45) is 3.56. The minimum Gasteiger partial charge on any atom is -0.464 e. The van der Waals surface area contributed by atoms with Crippen LogP contribution in [-0.2, 0) is 23.6 Å². The minimum absolute atomic E-state index is 0.0507. The number of imidazole rings is 1. The van der Waals surface area contributed by atoms with Crippen LogP contribution in [0.5, 0.6) is 5.75 Å². The highest BCUT2D eigenvalue weighted by Gasteiger charge is 2.52. The number of H-pyrrole nitrogens is 1. The fraction of sp³-hybridized carbons (Fsp3) is 0.452. The summed E-state index contributed by atoms with van der Waals surface area (Å²) in [7, 11) is 0.562. The Kier molecular flexibility index (Phi) is 9.49. The number of methoxy groups -OCH3 is 1. The number of alkyl carbamates (subject to hydrolysis) is 1. The molecule has 15 heteroatoms. The molecule has 0 radical (unpaired) electrons. The maximum absolute atomic E-state index is 16.5. The number of amides is 2. The maximum Gasteiger partial charge on any atom is 0.495 e. The Morgan fingerprint density at radius 1 is 1.05 bits per heavy atom. The van der Waals surface area contributed by atoms with Crippen LogP contribution in [0.15, 0.2) is 54.7 Å². The number of ether oxygens (including phenoxy) is 3. The Labute approximate surface area is 335 Å². The van der Waals surface area contributed by atoms with Crippen LogP contribution in [0.25, 0.3) is 33.4 Å². The van der Waals surface area contributed by atoms with E-state index in [2.05, 4.69) is 40.0 Å². The molecule has 1 unspecified atom stereocenters. The van der Waals surface area contributed by atoms with Crippen molar-refractivity contribution < 1.29 is 37.5 Å². The molecular formula is C42H47BFN5O7S. The highest BCUT2D eigenvalue weighted by Crippen LogP contribution is 2.47. The first kappa shape index (κ1) is 37.9. The van der Waals surface area contributed by atoms with E-state index in [9.17, 15) is 9.59 Å². The number of benzene rings is 2. The van der Waals surface area contributed by atoms with Crippen LogP contribution in [0, 0.1) is 18.7 Å². The summed E-state index contributed by atoms with van der Waals surface area (Å²) < 4.78 is 48.3. The van der Waals surface area contributed by atoms with Crippen molar-refractivity contribution in [3.63, 3.8) is 0 Å². The van der Waals surface area contributed by atoms with E-state index in [0.29, 0.717) is 60.9 Å². The highest BCUT2D eigenvalue weighted by atomic mass is 32.1.